The first-order valence-electron chi connectivity index (χ1n) is 5.27. The molecule has 0 unspecified atom stereocenters. The van der Waals surface area contributed by atoms with Crippen molar-refractivity contribution in [2.24, 2.45) is 5.73 Å². The monoisotopic (exact) mass is 263 g/mol. The number of carbonyl (C=O) groups is 1. The molecule has 104 valence electrons. The van der Waals surface area contributed by atoms with E-state index < -0.39 is 42.7 Å². The topological polar surface area (TPSA) is 153 Å². The minimum atomic E-state index is -2.41. The zero-order chi connectivity index (χ0) is 14.1. The highest BCUT2D eigenvalue weighted by Crippen LogP contribution is 2.30. The van der Waals surface area contributed by atoms with Gasteiger partial charge in [0, 0.05) is 5.57 Å². The lowest BCUT2D eigenvalue weighted by Crippen LogP contribution is -2.64. The molecule has 0 aromatic rings. The van der Waals surface area contributed by atoms with Crippen molar-refractivity contribution in [2.45, 2.75) is 37.1 Å². The molecule has 0 aromatic heterocycles. The molecule has 1 aliphatic heterocycles. The Morgan fingerprint density at radius 1 is 1.39 bits per heavy atom. The van der Waals surface area contributed by atoms with Crippen LogP contribution in [0, 0.1) is 0 Å². The number of nitrogens with two attached hydrogens (primary N) is 1. The first kappa shape index (κ1) is 15.0. The lowest BCUT2D eigenvalue weighted by atomic mass is 9.91. The molecule has 0 radical (unpaired) electrons. The molecule has 0 spiro atoms. The Morgan fingerprint density at radius 2 is 1.94 bits per heavy atom. The molecule has 0 aliphatic carbocycles. The minimum absolute atomic E-state index is 0.100. The number of carbonyl (C=O) groups excluding carboxylic acids is 1. The van der Waals surface area contributed by atoms with Crippen LogP contribution in [0.3, 0.4) is 0 Å². The van der Waals surface area contributed by atoms with E-state index in [2.05, 4.69) is 0 Å². The van der Waals surface area contributed by atoms with Gasteiger partial charge < -0.3 is 36.0 Å². The van der Waals surface area contributed by atoms with Gasteiger partial charge in [-0.2, -0.15) is 0 Å². The number of aliphatic hydroxyl groups excluding tert-OH is 4. The summed E-state index contributed by atoms with van der Waals surface area (Å²) in [4.78, 5) is 10.9. The second kappa shape index (κ2) is 5.31. The maximum atomic E-state index is 10.9. The van der Waals surface area contributed by atoms with Crippen molar-refractivity contribution in [1.29, 1.82) is 0 Å². The quantitative estimate of drug-likeness (QED) is 0.290. The fourth-order valence-electron chi connectivity index (χ4n) is 1.68. The van der Waals surface area contributed by atoms with E-state index in [0.29, 0.717) is 0 Å². The van der Waals surface area contributed by atoms with Crippen molar-refractivity contribution in [3.05, 3.63) is 11.6 Å². The van der Waals surface area contributed by atoms with Crippen LogP contribution in [0.1, 0.15) is 6.92 Å². The molecule has 5 atom stereocenters. The summed E-state index contributed by atoms with van der Waals surface area (Å²) in [6.07, 6.45) is -5.65. The SMILES string of the molecule is C/C(=C\[C@@]1(O)O[C@H](CO)[C@H](O)[C@H](O)[C@H]1O)C(N)=O. The molecule has 1 heterocycles. The summed E-state index contributed by atoms with van der Waals surface area (Å²) in [5, 5.41) is 47.6. The van der Waals surface area contributed by atoms with Gasteiger partial charge in [0.25, 0.3) is 0 Å². The molecule has 7 N–H and O–H groups in total. The van der Waals surface area contributed by atoms with Crippen LogP contribution in [-0.2, 0) is 9.53 Å². The van der Waals surface area contributed by atoms with E-state index in [1.807, 2.05) is 0 Å². The third-order valence-electron chi connectivity index (χ3n) is 2.81. The molecule has 0 aromatic carbocycles. The van der Waals surface area contributed by atoms with Crippen LogP contribution in [-0.4, -0.2) is 68.2 Å². The lowest BCUT2D eigenvalue weighted by molar-refractivity contribution is -0.327. The number of hydrogen-bond acceptors (Lipinski definition) is 7. The van der Waals surface area contributed by atoms with Crippen molar-refractivity contribution in [2.75, 3.05) is 6.61 Å². The van der Waals surface area contributed by atoms with Gasteiger partial charge >= 0.3 is 0 Å². The molecule has 18 heavy (non-hydrogen) atoms. The van der Waals surface area contributed by atoms with Crippen molar-refractivity contribution >= 4 is 5.91 Å². The summed E-state index contributed by atoms with van der Waals surface area (Å²) in [5.74, 6) is -3.26. The van der Waals surface area contributed by atoms with Crippen LogP contribution in [0.4, 0.5) is 0 Å². The van der Waals surface area contributed by atoms with Crippen LogP contribution in [0.25, 0.3) is 0 Å². The van der Waals surface area contributed by atoms with E-state index >= 15 is 0 Å². The number of aliphatic hydroxyl groups is 5. The van der Waals surface area contributed by atoms with Gasteiger partial charge in [-0.15, -0.1) is 0 Å². The maximum absolute atomic E-state index is 10.9. The first-order chi connectivity index (χ1) is 8.23. The van der Waals surface area contributed by atoms with Gasteiger partial charge in [0.05, 0.1) is 6.61 Å². The standard InChI is InChI=1S/C10H17NO7/c1-4(9(11)16)2-10(17)8(15)7(14)6(13)5(3-12)18-10/h2,5-8,12-15,17H,3H2,1H3,(H2,11,16)/b4-2+/t5-,6+,7+,8-,10-/m1/s1. The molecule has 1 rings (SSSR count). The number of amides is 1. The van der Waals surface area contributed by atoms with Crippen LogP contribution in [0.5, 0.6) is 0 Å². The first-order valence-corrected chi connectivity index (χ1v) is 5.27. The van der Waals surface area contributed by atoms with Crippen LogP contribution in [0.15, 0.2) is 11.6 Å². The average Bonchev–Trinajstić information content (AvgIpc) is 2.31. The fraction of sp³-hybridized carbons (Fsp3) is 0.700. The molecule has 1 aliphatic rings. The highest BCUT2D eigenvalue weighted by molar-refractivity contribution is 5.91. The Kier molecular flexibility index (Phi) is 4.43. The molecular formula is C10H17NO7. The zero-order valence-electron chi connectivity index (χ0n) is 9.72. The van der Waals surface area contributed by atoms with Crippen molar-refractivity contribution in [3.8, 4) is 0 Å². The third kappa shape index (κ3) is 2.69. The molecule has 1 fully saturated rings. The number of primary amides is 1. The zero-order valence-corrected chi connectivity index (χ0v) is 9.72. The Balaban J connectivity index is 3.06. The van der Waals surface area contributed by atoms with Crippen molar-refractivity contribution < 1.29 is 35.1 Å². The summed E-state index contributed by atoms with van der Waals surface area (Å²) in [6.45, 7) is 0.596. The van der Waals surface area contributed by atoms with E-state index in [4.69, 9.17) is 15.6 Å². The van der Waals surface area contributed by atoms with Gasteiger partial charge in [-0.1, -0.05) is 0 Å². The highest BCUT2D eigenvalue weighted by Gasteiger charge is 2.51. The van der Waals surface area contributed by atoms with Gasteiger partial charge in [-0.05, 0) is 13.0 Å². The molecule has 8 heteroatoms. The van der Waals surface area contributed by atoms with Crippen LogP contribution in [0.2, 0.25) is 0 Å². The highest BCUT2D eigenvalue weighted by atomic mass is 16.7. The number of hydrogen-bond donors (Lipinski definition) is 6. The summed E-state index contributed by atoms with van der Waals surface area (Å²) in [7, 11) is 0. The molecule has 0 saturated carbocycles. The third-order valence-corrected chi connectivity index (χ3v) is 2.81. The van der Waals surface area contributed by atoms with Crippen molar-refractivity contribution in [3.63, 3.8) is 0 Å². The van der Waals surface area contributed by atoms with Crippen molar-refractivity contribution in [1.82, 2.24) is 0 Å². The average molecular weight is 263 g/mol. The van der Waals surface area contributed by atoms with Gasteiger partial charge in [0.1, 0.15) is 24.4 Å². The van der Waals surface area contributed by atoms with Gasteiger partial charge in [-0.25, -0.2) is 0 Å². The lowest BCUT2D eigenvalue weighted by Gasteiger charge is -2.44. The Bertz CT molecular complexity index is 356. The number of rotatable bonds is 3. The summed E-state index contributed by atoms with van der Waals surface area (Å²) in [5.41, 5.74) is 4.87. The molecule has 1 saturated heterocycles. The van der Waals surface area contributed by atoms with Gasteiger partial charge in [0.2, 0.25) is 11.7 Å². The Labute approximate surface area is 103 Å². The Morgan fingerprint density at radius 3 is 2.39 bits per heavy atom. The fourth-order valence-corrected chi connectivity index (χ4v) is 1.68. The smallest absolute Gasteiger partial charge is 0.244 e. The molecule has 8 nitrogen and oxygen atoms in total. The summed E-state index contributed by atoms with van der Waals surface area (Å²) >= 11 is 0. The van der Waals surface area contributed by atoms with Gasteiger partial charge in [-0.3, -0.25) is 4.79 Å². The predicted octanol–water partition coefficient (Wildman–Crippen LogP) is -3.42. The molecule has 0 bridgehead atoms. The second-order valence-electron chi connectivity index (χ2n) is 4.21. The maximum Gasteiger partial charge on any atom is 0.244 e. The van der Waals surface area contributed by atoms with Gasteiger partial charge in [0.15, 0.2) is 0 Å². The van der Waals surface area contributed by atoms with E-state index in [0.717, 1.165) is 6.08 Å². The normalized spacial score (nSPS) is 41.8. The van der Waals surface area contributed by atoms with E-state index in [1.54, 1.807) is 0 Å². The minimum Gasteiger partial charge on any atom is -0.394 e. The van der Waals surface area contributed by atoms with Crippen LogP contribution < -0.4 is 5.73 Å². The predicted molar refractivity (Wildman–Crippen MR) is 57.9 cm³/mol. The largest absolute Gasteiger partial charge is 0.394 e. The van der Waals surface area contributed by atoms with E-state index in [1.165, 1.54) is 6.92 Å². The molecular weight excluding hydrogens is 246 g/mol. The van der Waals surface area contributed by atoms with E-state index in [-0.39, 0.29) is 5.57 Å². The number of ether oxygens (including phenoxy) is 1. The van der Waals surface area contributed by atoms with Crippen LogP contribution >= 0.6 is 0 Å². The summed E-state index contributed by atoms with van der Waals surface area (Å²) in [6, 6.07) is 0. The Hall–Kier alpha value is -1.03. The van der Waals surface area contributed by atoms with E-state index in [9.17, 15) is 25.2 Å². The second-order valence-corrected chi connectivity index (χ2v) is 4.21. The summed E-state index contributed by atoms with van der Waals surface area (Å²) < 4.78 is 4.90. The molecule has 1 amide bonds.